The highest BCUT2D eigenvalue weighted by Gasteiger charge is 2.08. The monoisotopic (exact) mass is 189 g/mol. The summed E-state index contributed by atoms with van der Waals surface area (Å²) in [6, 6.07) is 0.628. The van der Waals surface area contributed by atoms with Gasteiger partial charge in [-0.25, -0.2) is 0 Å². The zero-order valence-corrected chi connectivity index (χ0v) is 9.12. The molecule has 0 radical (unpaired) electrons. The Morgan fingerprint density at radius 2 is 2.00 bits per heavy atom. The molecule has 0 saturated carbocycles. The molecule has 0 aliphatic heterocycles. The highest BCUT2D eigenvalue weighted by molar-refractivity contribution is 4.63. The third kappa shape index (κ3) is 6.02. The van der Waals surface area contributed by atoms with Crippen molar-refractivity contribution in [1.29, 1.82) is 0 Å². The molecular formula is C10H23NO2. The van der Waals surface area contributed by atoms with Gasteiger partial charge in [0, 0.05) is 12.6 Å². The van der Waals surface area contributed by atoms with Gasteiger partial charge in [0.2, 0.25) is 0 Å². The van der Waals surface area contributed by atoms with Gasteiger partial charge in [0.1, 0.15) is 0 Å². The molecule has 3 heteroatoms. The Kier molecular flexibility index (Phi) is 8.40. The first-order valence-electron chi connectivity index (χ1n) is 5.18. The van der Waals surface area contributed by atoms with Crippen molar-refractivity contribution < 1.29 is 9.84 Å². The van der Waals surface area contributed by atoms with Crippen LogP contribution in [0.1, 0.15) is 27.2 Å². The van der Waals surface area contributed by atoms with Crippen molar-refractivity contribution in [2.75, 3.05) is 32.9 Å². The molecule has 3 nitrogen and oxygen atoms in total. The fourth-order valence-corrected chi connectivity index (χ4v) is 1.30. The average Bonchev–Trinajstić information content (AvgIpc) is 2.17. The van der Waals surface area contributed by atoms with Crippen molar-refractivity contribution in [3.8, 4) is 0 Å². The van der Waals surface area contributed by atoms with Crippen LogP contribution < -0.4 is 0 Å². The van der Waals surface area contributed by atoms with Crippen LogP contribution in [0.5, 0.6) is 0 Å². The second-order valence-corrected chi connectivity index (χ2v) is 3.22. The summed E-state index contributed by atoms with van der Waals surface area (Å²) in [5, 5.41) is 8.51. The maximum absolute atomic E-state index is 8.51. The molecule has 0 aromatic heterocycles. The van der Waals surface area contributed by atoms with Crippen LogP contribution in [0.2, 0.25) is 0 Å². The van der Waals surface area contributed by atoms with Crippen molar-refractivity contribution >= 4 is 0 Å². The molecular weight excluding hydrogens is 166 g/mol. The number of hydrogen-bond acceptors (Lipinski definition) is 3. The number of nitrogens with zero attached hydrogens (tertiary/aromatic N) is 1. The van der Waals surface area contributed by atoms with Crippen LogP contribution in [0.3, 0.4) is 0 Å². The molecule has 13 heavy (non-hydrogen) atoms. The fraction of sp³-hybridized carbons (Fsp3) is 1.00. The van der Waals surface area contributed by atoms with Gasteiger partial charge in [-0.05, 0) is 19.9 Å². The van der Waals surface area contributed by atoms with Gasteiger partial charge in [-0.15, -0.1) is 0 Å². The Bertz CT molecular complexity index is 109. The second kappa shape index (κ2) is 8.48. The summed E-state index contributed by atoms with van der Waals surface area (Å²) in [5.74, 6) is 0. The van der Waals surface area contributed by atoms with Crippen molar-refractivity contribution in [2.45, 2.75) is 33.2 Å². The van der Waals surface area contributed by atoms with Gasteiger partial charge in [0.25, 0.3) is 0 Å². The van der Waals surface area contributed by atoms with E-state index in [9.17, 15) is 0 Å². The smallest absolute Gasteiger partial charge is 0.0698 e. The highest BCUT2D eigenvalue weighted by Crippen LogP contribution is 2.01. The molecule has 0 amide bonds. The standard InChI is InChI=1S/C10H23NO2/c1-4-10(3)11(5-2)6-8-13-9-7-12/h10,12H,4-9H2,1-3H3. The minimum absolute atomic E-state index is 0.120. The van der Waals surface area contributed by atoms with Crippen LogP contribution in [0.25, 0.3) is 0 Å². The molecule has 0 spiro atoms. The summed E-state index contributed by atoms with van der Waals surface area (Å²) in [6.45, 7) is 9.92. The van der Waals surface area contributed by atoms with Crippen molar-refractivity contribution in [2.24, 2.45) is 0 Å². The molecule has 80 valence electrons. The van der Waals surface area contributed by atoms with Crippen LogP contribution >= 0.6 is 0 Å². The van der Waals surface area contributed by atoms with Crippen molar-refractivity contribution in [3.05, 3.63) is 0 Å². The lowest BCUT2D eigenvalue weighted by Crippen LogP contribution is -2.35. The van der Waals surface area contributed by atoms with E-state index < -0.39 is 0 Å². The van der Waals surface area contributed by atoms with Crippen LogP contribution in [0.15, 0.2) is 0 Å². The van der Waals surface area contributed by atoms with Crippen LogP contribution in [-0.2, 0) is 4.74 Å². The second-order valence-electron chi connectivity index (χ2n) is 3.22. The molecule has 0 rings (SSSR count). The van der Waals surface area contributed by atoms with Gasteiger partial charge in [-0.1, -0.05) is 13.8 Å². The van der Waals surface area contributed by atoms with Gasteiger partial charge >= 0.3 is 0 Å². The lowest BCUT2D eigenvalue weighted by Gasteiger charge is -2.26. The van der Waals surface area contributed by atoms with E-state index in [4.69, 9.17) is 9.84 Å². The fourth-order valence-electron chi connectivity index (χ4n) is 1.30. The first-order valence-corrected chi connectivity index (χ1v) is 5.18. The van der Waals surface area contributed by atoms with E-state index in [-0.39, 0.29) is 6.61 Å². The molecule has 0 saturated heterocycles. The first kappa shape index (κ1) is 12.9. The molecule has 0 heterocycles. The van der Waals surface area contributed by atoms with Crippen LogP contribution in [-0.4, -0.2) is 49.0 Å². The lowest BCUT2D eigenvalue weighted by atomic mass is 10.2. The van der Waals surface area contributed by atoms with Crippen LogP contribution in [0.4, 0.5) is 0 Å². The van der Waals surface area contributed by atoms with E-state index in [1.165, 1.54) is 6.42 Å². The number of likely N-dealkylation sites (N-methyl/N-ethyl adjacent to an activating group) is 1. The maximum Gasteiger partial charge on any atom is 0.0698 e. The number of hydrogen-bond donors (Lipinski definition) is 1. The minimum Gasteiger partial charge on any atom is -0.394 e. The molecule has 0 fully saturated rings. The average molecular weight is 189 g/mol. The Balaban J connectivity index is 3.47. The Morgan fingerprint density at radius 1 is 1.31 bits per heavy atom. The first-order chi connectivity index (χ1) is 6.26. The van der Waals surface area contributed by atoms with E-state index in [1.807, 2.05) is 0 Å². The molecule has 0 aliphatic rings. The predicted molar refractivity (Wildman–Crippen MR) is 54.9 cm³/mol. The number of rotatable bonds is 8. The maximum atomic E-state index is 8.51. The number of ether oxygens (including phenoxy) is 1. The Labute approximate surface area is 81.7 Å². The SMILES string of the molecule is CCC(C)N(CC)CCOCCO. The van der Waals surface area contributed by atoms with Gasteiger partial charge in [0.05, 0.1) is 19.8 Å². The van der Waals surface area contributed by atoms with E-state index in [0.717, 1.165) is 19.7 Å². The van der Waals surface area contributed by atoms with Gasteiger partial charge in [-0.3, -0.25) is 4.90 Å². The highest BCUT2D eigenvalue weighted by atomic mass is 16.5. The Morgan fingerprint density at radius 3 is 2.46 bits per heavy atom. The largest absolute Gasteiger partial charge is 0.394 e. The molecule has 1 N–H and O–H groups in total. The lowest BCUT2D eigenvalue weighted by molar-refractivity contribution is 0.0660. The molecule has 1 unspecified atom stereocenters. The minimum atomic E-state index is 0.120. The number of aliphatic hydroxyl groups excluding tert-OH is 1. The molecule has 0 bridgehead atoms. The zero-order valence-electron chi connectivity index (χ0n) is 9.12. The summed E-state index contributed by atoms with van der Waals surface area (Å²) < 4.78 is 5.22. The molecule has 0 aromatic carbocycles. The van der Waals surface area contributed by atoms with E-state index in [1.54, 1.807) is 0 Å². The zero-order chi connectivity index (χ0) is 10.1. The third-order valence-electron chi connectivity index (χ3n) is 2.38. The molecule has 1 atom stereocenters. The predicted octanol–water partition coefficient (Wildman–Crippen LogP) is 1.12. The summed E-state index contributed by atoms with van der Waals surface area (Å²) in [6.07, 6.45) is 1.17. The van der Waals surface area contributed by atoms with Gasteiger partial charge < -0.3 is 9.84 Å². The van der Waals surface area contributed by atoms with Gasteiger partial charge in [0.15, 0.2) is 0 Å². The van der Waals surface area contributed by atoms with E-state index in [0.29, 0.717) is 12.6 Å². The third-order valence-corrected chi connectivity index (χ3v) is 2.38. The number of aliphatic hydroxyl groups is 1. The molecule has 0 aromatic rings. The quantitative estimate of drug-likeness (QED) is 0.581. The summed E-state index contributed by atoms with van der Waals surface area (Å²) in [5.41, 5.74) is 0. The van der Waals surface area contributed by atoms with Crippen LogP contribution in [0, 0.1) is 0 Å². The molecule has 0 aliphatic carbocycles. The van der Waals surface area contributed by atoms with E-state index >= 15 is 0 Å². The van der Waals surface area contributed by atoms with Gasteiger partial charge in [-0.2, -0.15) is 0 Å². The topological polar surface area (TPSA) is 32.7 Å². The summed E-state index contributed by atoms with van der Waals surface area (Å²) >= 11 is 0. The van der Waals surface area contributed by atoms with Crippen molar-refractivity contribution in [1.82, 2.24) is 4.90 Å². The van der Waals surface area contributed by atoms with E-state index in [2.05, 4.69) is 25.7 Å². The summed E-state index contributed by atoms with van der Waals surface area (Å²) in [7, 11) is 0. The Hall–Kier alpha value is -0.120. The van der Waals surface area contributed by atoms with Crippen molar-refractivity contribution in [3.63, 3.8) is 0 Å². The normalized spacial score (nSPS) is 13.6. The summed E-state index contributed by atoms with van der Waals surface area (Å²) in [4.78, 5) is 2.39.